The van der Waals surface area contributed by atoms with Crippen LogP contribution in [-0.4, -0.2) is 61.9 Å². The van der Waals surface area contributed by atoms with Crippen molar-refractivity contribution in [2.24, 2.45) is 5.73 Å². The minimum Gasteiger partial charge on any atom is -0.365 e. The molecule has 216 valence electrons. The predicted octanol–water partition coefficient (Wildman–Crippen LogP) is 4.53. The summed E-state index contributed by atoms with van der Waals surface area (Å²) >= 11 is 0. The van der Waals surface area contributed by atoms with Crippen molar-refractivity contribution in [3.8, 4) is 6.07 Å². The highest BCUT2D eigenvalue weighted by molar-refractivity contribution is 5.85. The molecule has 2 aliphatic carbocycles. The lowest BCUT2D eigenvalue weighted by Gasteiger charge is -2.31. The first kappa shape index (κ1) is 27.2. The molecule has 5 N–H and O–H groups in total. The van der Waals surface area contributed by atoms with E-state index in [1.807, 2.05) is 6.33 Å². The zero-order valence-electron chi connectivity index (χ0n) is 23.3. The lowest BCUT2D eigenvalue weighted by molar-refractivity contribution is -0.106. The number of nitrogens with two attached hydrogens (primary N) is 1. The molecule has 1 amide bonds. The Morgan fingerprint density at radius 2 is 1.76 bits per heavy atom. The molecule has 12 nitrogen and oxygen atoms in total. The van der Waals surface area contributed by atoms with Gasteiger partial charge < -0.3 is 25.8 Å². The Kier molecular flexibility index (Phi) is 8.16. The van der Waals surface area contributed by atoms with Crippen LogP contribution < -0.4 is 21.7 Å². The summed E-state index contributed by atoms with van der Waals surface area (Å²) in [5.74, 6) is 1.38. The molecule has 41 heavy (non-hydrogen) atoms. The van der Waals surface area contributed by atoms with Crippen LogP contribution in [0.1, 0.15) is 75.8 Å². The molecule has 12 heteroatoms. The molecule has 6 rings (SSSR count). The number of carbonyl (C=O) groups excluding carboxylic acids is 1. The van der Waals surface area contributed by atoms with Crippen molar-refractivity contribution in [2.75, 3.05) is 29.0 Å². The van der Waals surface area contributed by atoms with Crippen LogP contribution in [0.2, 0.25) is 0 Å². The van der Waals surface area contributed by atoms with Gasteiger partial charge in [0.25, 0.3) is 0 Å². The molecular formula is C29H38N10O2. The monoisotopic (exact) mass is 558 g/mol. The van der Waals surface area contributed by atoms with Crippen molar-refractivity contribution in [2.45, 2.75) is 88.4 Å². The van der Waals surface area contributed by atoms with E-state index < -0.39 is 6.09 Å². The molecule has 3 aromatic rings. The fraction of sp³-hybridized carbons (Fsp3) is 0.552. The first-order valence-corrected chi connectivity index (χ1v) is 14.8. The maximum atomic E-state index is 12.4. The Morgan fingerprint density at radius 3 is 2.51 bits per heavy atom. The van der Waals surface area contributed by atoms with Gasteiger partial charge in [-0.25, -0.2) is 9.78 Å². The Hall–Kier alpha value is -3.95. The lowest BCUT2D eigenvalue weighted by atomic mass is 9.92. The predicted molar refractivity (Wildman–Crippen MR) is 156 cm³/mol. The van der Waals surface area contributed by atoms with Gasteiger partial charge in [0.05, 0.1) is 18.0 Å². The van der Waals surface area contributed by atoms with Gasteiger partial charge in [-0.2, -0.15) is 15.2 Å². The average molecular weight is 559 g/mol. The van der Waals surface area contributed by atoms with E-state index in [4.69, 9.17) is 30.8 Å². The zero-order chi connectivity index (χ0) is 28.2. The fourth-order valence-corrected chi connectivity index (χ4v) is 6.19. The molecule has 0 spiro atoms. The van der Waals surface area contributed by atoms with Crippen LogP contribution in [-0.2, 0) is 4.84 Å². The van der Waals surface area contributed by atoms with Gasteiger partial charge in [0.1, 0.15) is 0 Å². The number of hydrogen-bond acceptors (Lipinski definition) is 10. The smallest absolute Gasteiger partial charge is 0.365 e. The van der Waals surface area contributed by atoms with E-state index in [0.717, 1.165) is 68.3 Å². The van der Waals surface area contributed by atoms with E-state index in [1.54, 1.807) is 29.3 Å². The van der Waals surface area contributed by atoms with Crippen LogP contribution in [0, 0.1) is 11.3 Å². The third-order valence-corrected chi connectivity index (χ3v) is 8.49. The number of hydroxylamine groups is 2. The van der Waals surface area contributed by atoms with Gasteiger partial charge in [-0.15, -0.1) is 5.06 Å². The van der Waals surface area contributed by atoms with E-state index in [9.17, 15) is 4.79 Å². The quantitative estimate of drug-likeness (QED) is 0.324. The Labute approximate surface area is 239 Å². The summed E-state index contributed by atoms with van der Waals surface area (Å²) in [4.78, 5) is 32.5. The highest BCUT2D eigenvalue weighted by Crippen LogP contribution is 2.34. The molecule has 1 aromatic carbocycles. The summed E-state index contributed by atoms with van der Waals surface area (Å²) in [6.45, 7) is 1.17. The van der Waals surface area contributed by atoms with Gasteiger partial charge in [0.15, 0.2) is 17.0 Å². The molecule has 3 heterocycles. The van der Waals surface area contributed by atoms with E-state index in [1.165, 1.54) is 12.8 Å². The summed E-state index contributed by atoms with van der Waals surface area (Å²) in [7, 11) is 0. The van der Waals surface area contributed by atoms with Crippen LogP contribution >= 0.6 is 0 Å². The first-order chi connectivity index (χ1) is 20.0. The van der Waals surface area contributed by atoms with Crippen molar-refractivity contribution < 1.29 is 9.63 Å². The number of fused-ring (bicyclic) bond motifs is 1. The highest BCUT2D eigenvalue weighted by Gasteiger charge is 2.27. The summed E-state index contributed by atoms with van der Waals surface area (Å²) in [6, 6.07) is 9.99. The number of nitriles is 1. The van der Waals surface area contributed by atoms with Crippen molar-refractivity contribution in [3.63, 3.8) is 0 Å². The molecule has 0 bridgehead atoms. The summed E-state index contributed by atoms with van der Waals surface area (Å²) in [5.41, 5.74) is 8.80. The van der Waals surface area contributed by atoms with E-state index in [0.29, 0.717) is 42.4 Å². The van der Waals surface area contributed by atoms with Gasteiger partial charge in [-0.1, -0.05) is 18.9 Å². The second-order valence-electron chi connectivity index (χ2n) is 11.5. The Balaban J connectivity index is 1.11. The third kappa shape index (κ3) is 6.52. The van der Waals surface area contributed by atoms with E-state index >= 15 is 0 Å². The summed E-state index contributed by atoms with van der Waals surface area (Å²) in [6.07, 6.45) is 11.7. The summed E-state index contributed by atoms with van der Waals surface area (Å²) < 4.78 is 2.23. The molecule has 0 radical (unpaired) electrons. The van der Waals surface area contributed by atoms with Crippen molar-refractivity contribution in [1.82, 2.24) is 24.6 Å². The second kappa shape index (κ2) is 12.3. The van der Waals surface area contributed by atoms with Gasteiger partial charge >= 0.3 is 6.09 Å². The molecule has 1 aliphatic heterocycles. The molecular weight excluding hydrogens is 520 g/mol. The SMILES string of the molecule is N#Cc1cccc(NC(=O)ON2CCC(Nc3nc(N[C@H]4CC[C@H](N)CC4)nc4c3ncn4C3CCCC3)CC2)c1. The normalized spacial score (nSPS) is 22.3. The number of anilines is 3. The van der Waals surface area contributed by atoms with E-state index in [2.05, 4.69) is 26.6 Å². The fourth-order valence-electron chi connectivity index (χ4n) is 6.19. The van der Waals surface area contributed by atoms with Crippen LogP contribution in [0.5, 0.6) is 0 Å². The standard InChI is InChI=1S/C29H38N10O2/c30-17-19-4-3-5-23(16-19)35-29(40)41-38-14-12-22(13-15-38)33-26-25-27(39(18-32-25)24-6-1-2-7-24)37-28(36-26)34-21-10-8-20(31)9-11-21/h3-5,16,18,20-22,24H,1-2,6-15,31H2,(H,35,40)(H2,33,34,36,37)/t20-,21-. The zero-order valence-corrected chi connectivity index (χ0v) is 23.3. The van der Waals surface area contributed by atoms with Crippen molar-refractivity contribution in [1.29, 1.82) is 5.26 Å². The van der Waals surface area contributed by atoms with E-state index in [-0.39, 0.29) is 12.1 Å². The van der Waals surface area contributed by atoms with Crippen LogP contribution in [0.3, 0.4) is 0 Å². The number of piperidine rings is 1. The molecule has 1 saturated heterocycles. The molecule has 0 unspecified atom stereocenters. The van der Waals surface area contributed by atoms with Crippen molar-refractivity contribution in [3.05, 3.63) is 36.2 Å². The van der Waals surface area contributed by atoms with Gasteiger partial charge in [-0.05, 0) is 69.6 Å². The maximum Gasteiger partial charge on any atom is 0.430 e. The van der Waals surface area contributed by atoms with Gasteiger partial charge in [0.2, 0.25) is 5.95 Å². The average Bonchev–Trinajstić information content (AvgIpc) is 3.66. The largest absolute Gasteiger partial charge is 0.430 e. The molecule has 3 aliphatic rings. The third-order valence-electron chi connectivity index (χ3n) is 8.49. The second-order valence-corrected chi connectivity index (χ2v) is 11.5. The molecule has 2 saturated carbocycles. The number of hydrogen-bond donors (Lipinski definition) is 4. The Bertz CT molecular complexity index is 1400. The highest BCUT2D eigenvalue weighted by atomic mass is 16.7. The van der Waals surface area contributed by atoms with Gasteiger partial charge in [0, 0.05) is 42.9 Å². The number of imidazole rings is 1. The summed E-state index contributed by atoms with van der Waals surface area (Å²) in [5, 5.41) is 20.7. The number of nitrogens with zero attached hydrogens (tertiary/aromatic N) is 6. The minimum absolute atomic E-state index is 0.153. The topological polar surface area (TPSA) is 159 Å². The molecule has 0 atom stereocenters. The molecule has 3 fully saturated rings. The molecule has 2 aromatic heterocycles. The lowest BCUT2D eigenvalue weighted by Crippen LogP contribution is -2.41. The number of aromatic nitrogens is 4. The van der Waals surface area contributed by atoms with Crippen molar-refractivity contribution >= 4 is 34.7 Å². The number of rotatable bonds is 7. The number of nitrogens with one attached hydrogen (secondary N) is 3. The Morgan fingerprint density at radius 1 is 1.00 bits per heavy atom. The van der Waals surface area contributed by atoms with Gasteiger partial charge in [-0.3, -0.25) is 5.32 Å². The number of carbonyl (C=O) groups is 1. The van der Waals surface area contributed by atoms with Crippen LogP contribution in [0.25, 0.3) is 11.2 Å². The van der Waals surface area contributed by atoms with Crippen LogP contribution in [0.15, 0.2) is 30.6 Å². The first-order valence-electron chi connectivity index (χ1n) is 14.8. The number of benzene rings is 1. The maximum absolute atomic E-state index is 12.4. The number of amides is 1. The van der Waals surface area contributed by atoms with Crippen LogP contribution in [0.4, 0.5) is 22.2 Å². The minimum atomic E-state index is -0.569.